The Balaban J connectivity index is 4.19. The number of rotatable bonds is 18. The fourth-order valence-corrected chi connectivity index (χ4v) is 3.07. The third-order valence-corrected chi connectivity index (χ3v) is 4.78. The van der Waals surface area contributed by atoms with Crippen molar-refractivity contribution in [3.8, 4) is 0 Å². The van der Waals surface area contributed by atoms with Gasteiger partial charge in [-0.2, -0.15) is 0 Å². The highest BCUT2D eigenvalue weighted by Crippen LogP contribution is 2.17. The number of hydrogen-bond donors (Lipinski definition) is 2. The van der Waals surface area contributed by atoms with Crippen LogP contribution in [0, 0.1) is 5.92 Å². The Hall–Kier alpha value is -1.59. The summed E-state index contributed by atoms with van der Waals surface area (Å²) in [7, 11) is 0. The standard InChI is InChI=1S/C21H38O6/c1-3-5-7-9-13-17(14-10-8-6-4-2)27-19(22)16-12-11-15-18(20(23)24)21(25)26/h17-18H,3-16H2,1-2H3,(H,23,24)(H,25,26). The van der Waals surface area contributed by atoms with Gasteiger partial charge < -0.3 is 14.9 Å². The van der Waals surface area contributed by atoms with Crippen LogP contribution in [0.4, 0.5) is 0 Å². The van der Waals surface area contributed by atoms with Crippen LogP contribution >= 0.6 is 0 Å². The molecule has 0 aromatic heterocycles. The average molecular weight is 387 g/mol. The highest BCUT2D eigenvalue weighted by atomic mass is 16.5. The molecule has 0 aliphatic rings. The second kappa shape index (κ2) is 16.6. The van der Waals surface area contributed by atoms with Gasteiger partial charge in [0.25, 0.3) is 0 Å². The number of ether oxygens (including phenoxy) is 1. The van der Waals surface area contributed by atoms with Crippen molar-refractivity contribution >= 4 is 17.9 Å². The van der Waals surface area contributed by atoms with Gasteiger partial charge in [0, 0.05) is 6.42 Å². The molecule has 0 aromatic carbocycles. The first kappa shape index (κ1) is 25.4. The monoisotopic (exact) mass is 386 g/mol. The van der Waals surface area contributed by atoms with E-state index >= 15 is 0 Å². The Morgan fingerprint density at radius 1 is 0.704 bits per heavy atom. The van der Waals surface area contributed by atoms with Crippen molar-refractivity contribution in [3.63, 3.8) is 0 Å². The molecule has 0 fully saturated rings. The number of carbonyl (C=O) groups excluding carboxylic acids is 1. The number of unbranched alkanes of at least 4 members (excludes halogenated alkanes) is 7. The summed E-state index contributed by atoms with van der Waals surface area (Å²) in [5.74, 6) is -4.31. The highest BCUT2D eigenvalue weighted by molar-refractivity contribution is 5.92. The van der Waals surface area contributed by atoms with E-state index in [1.807, 2.05) is 0 Å². The van der Waals surface area contributed by atoms with Crippen LogP contribution < -0.4 is 0 Å². The van der Waals surface area contributed by atoms with Crippen molar-refractivity contribution in [3.05, 3.63) is 0 Å². The summed E-state index contributed by atoms with van der Waals surface area (Å²) < 4.78 is 5.64. The second-order valence-corrected chi connectivity index (χ2v) is 7.29. The molecule has 27 heavy (non-hydrogen) atoms. The van der Waals surface area contributed by atoms with Crippen molar-refractivity contribution in [1.29, 1.82) is 0 Å². The lowest BCUT2D eigenvalue weighted by molar-refractivity contribution is -0.154. The van der Waals surface area contributed by atoms with Gasteiger partial charge in [-0.15, -0.1) is 0 Å². The third-order valence-electron chi connectivity index (χ3n) is 4.78. The first-order chi connectivity index (χ1) is 12.9. The molecule has 0 radical (unpaired) electrons. The van der Waals surface area contributed by atoms with Crippen molar-refractivity contribution in [2.24, 2.45) is 5.92 Å². The molecule has 6 heteroatoms. The van der Waals surface area contributed by atoms with Crippen LogP contribution in [0.1, 0.15) is 104 Å². The molecular weight excluding hydrogens is 348 g/mol. The molecule has 0 atom stereocenters. The first-order valence-electron chi connectivity index (χ1n) is 10.6. The Morgan fingerprint density at radius 3 is 1.63 bits per heavy atom. The van der Waals surface area contributed by atoms with E-state index in [4.69, 9.17) is 14.9 Å². The molecule has 0 rings (SSSR count). The van der Waals surface area contributed by atoms with Crippen molar-refractivity contribution in [1.82, 2.24) is 0 Å². The smallest absolute Gasteiger partial charge is 0.317 e. The molecule has 2 N–H and O–H groups in total. The molecule has 0 saturated carbocycles. The van der Waals surface area contributed by atoms with Gasteiger partial charge in [0.1, 0.15) is 6.10 Å². The zero-order chi connectivity index (χ0) is 20.5. The summed E-state index contributed by atoms with van der Waals surface area (Å²) in [6.45, 7) is 4.34. The normalized spacial score (nSPS) is 11.1. The van der Waals surface area contributed by atoms with Gasteiger partial charge in [-0.05, 0) is 38.5 Å². The molecule has 0 heterocycles. The van der Waals surface area contributed by atoms with E-state index in [-0.39, 0.29) is 24.9 Å². The minimum Gasteiger partial charge on any atom is -0.481 e. The van der Waals surface area contributed by atoms with E-state index in [2.05, 4.69) is 13.8 Å². The van der Waals surface area contributed by atoms with Gasteiger partial charge in [-0.25, -0.2) is 0 Å². The predicted molar refractivity (Wildman–Crippen MR) is 105 cm³/mol. The second-order valence-electron chi connectivity index (χ2n) is 7.29. The minimum absolute atomic E-state index is 0.0306. The topological polar surface area (TPSA) is 101 Å². The van der Waals surface area contributed by atoms with E-state index in [9.17, 15) is 14.4 Å². The lowest BCUT2D eigenvalue weighted by Crippen LogP contribution is -2.23. The van der Waals surface area contributed by atoms with Crippen molar-refractivity contribution in [2.75, 3.05) is 0 Å². The van der Waals surface area contributed by atoms with Gasteiger partial charge in [0.05, 0.1) is 0 Å². The molecular formula is C21H38O6. The fraction of sp³-hybridized carbons (Fsp3) is 0.857. The lowest BCUT2D eigenvalue weighted by Gasteiger charge is -2.18. The largest absolute Gasteiger partial charge is 0.481 e. The number of carboxylic acid groups (broad SMARTS) is 2. The van der Waals surface area contributed by atoms with Crippen molar-refractivity contribution < 1.29 is 29.3 Å². The molecule has 0 aliphatic carbocycles. The summed E-state index contributed by atoms with van der Waals surface area (Å²) in [6.07, 6.45) is 12.1. The van der Waals surface area contributed by atoms with Crippen LogP contribution in [0.2, 0.25) is 0 Å². The van der Waals surface area contributed by atoms with Crippen LogP contribution in [0.5, 0.6) is 0 Å². The summed E-state index contributed by atoms with van der Waals surface area (Å²) in [5, 5.41) is 17.7. The molecule has 0 spiro atoms. The summed E-state index contributed by atoms with van der Waals surface area (Å²) in [5.41, 5.74) is 0. The number of aliphatic carboxylic acids is 2. The van der Waals surface area contributed by atoms with Crippen LogP contribution in [0.3, 0.4) is 0 Å². The maximum absolute atomic E-state index is 12.1. The van der Waals surface area contributed by atoms with E-state index < -0.39 is 17.9 Å². The van der Waals surface area contributed by atoms with Crippen LogP contribution in [-0.4, -0.2) is 34.2 Å². The van der Waals surface area contributed by atoms with Gasteiger partial charge >= 0.3 is 17.9 Å². The first-order valence-corrected chi connectivity index (χ1v) is 10.6. The third kappa shape index (κ3) is 14.2. The Bertz CT molecular complexity index is 395. The van der Waals surface area contributed by atoms with E-state index in [1.165, 1.54) is 25.7 Å². The molecule has 6 nitrogen and oxygen atoms in total. The lowest BCUT2D eigenvalue weighted by atomic mass is 10.0. The van der Waals surface area contributed by atoms with E-state index in [1.54, 1.807) is 0 Å². The van der Waals surface area contributed by atoms with Gasteiger partial charge in [0.2, 0.25) is 0 Å². The molecule has 0 aliphatic heterocycles. The molecule has 0 saturated heterocycles. The summed E-state index contributed by atoms with van der Waals surface area (Å²) >= 11 is 0. The maximum Gasteiger partial charge on any atom is 0.317 e. The molecule has 0 bridgehead atoms. The summed E-state index contributed by atoms with van der Waals surface area (Å²) in [4.78, 5) is 33.8. The number of hydrogen-bond acceptors (Lipinski definition) is 4. The summed E-state index contributed by atoms with van der Waals surface area (Å²) in [6, 6.07) is 0. The zero-order valence-corrected chi connectivity index (χ0v) is 17.1. The molecule has 0 aromatic rings. The molecule has 0 unspecified atom stereocenters. The Morgan fingerprint density at radius 2 is 1.19 bits per heavy atom. The Labute approximate surface area is 163 Å². The van der Waals surface area contributed by atoms with Gasteiger partial charge in [0.15, 0.2) is 5.92 Å². The zero-order valence-electron chi connectivity index (χ0n) is 17.1. The van der Waals surface area contributed by atoms with Crippen LogP contribution in [-0.2, 0) is 19.1 Å². The van der Waals surface area contributed by atoms with Gasteiger partial charge in [-0.3, -0.25) is 14.4 Å². The van der Waals surface area contributed by atoms with Crippen molar-refractivity contribution in [2.45, 2.75) is 110 Å². The molecule has 0 amide bonds. The SMILES string of the molecule is CCCCCCC(CCCCCC)OC(=O)CCCCC(C(=O)O)C(=O)O. The van der Waals surface area contributed by atoms with Gasteiger partial charge in [-0.1, -0.05) is 58.8 Å². The number of carboxylic acids is 2. The predicted octanol–water partition coefficient (Wildman–Crippen LogP) is 5.18. The minimum atomic E-state index is -1.40. The quantitative estimate of drug-likeness (QED) is 0.191. The number of esters is 1. The van der Waals surface area contributed by atoms with E-state index in [0.717, 1.165) is 38.5 Å². The average Bonchev–Trinajstić information content (AvgIpc) is 2.61. The molecule has 158 valence electrons. The fourth-order valence-electron chi connectivity index (χ4n) is 3.07. The highest BCUT2D eigenvalue weighted by Gasteiger charge is 2.25. The Kier molecular flexibility index (Phi) is 15.6. The van der Waals surface area contributed by atoms with E-state index in [0.29, 0.717) is 12.8 Å². The maximum atomic E-state index is 12.1. The van der Waals surface area contributed by atoms with Crippen LogP contribution in [0.25, 0.3) is 0 Å². The van der Waals surface area contributed by atoms with Crippen LogP contribution in [0.15, 0.2) is 0 Å². The number of carbonyl (C=O) groups is 3.